The number of hydrogen-bond acceptors (Lipinski definition) is 7. The molecule has 1 aliphatic heterocycles. The minimum atomic E-state index is -0.156. The van der Waals surface area contributed by atoms with Crippen molar-refractivity contribution in [3.63, 3.8) is 0 Å². The molecule has 0 N–H and O–H groups in total. The van der Waals surface area contributed by atoms with Gasteiger partial charge in [-0.2, -0.15) is 4.98 Å². The summed E-state index contributed by atoms with van der Waals surface area (Å²) in [6.07, 6.45) is 1.31. The van der Waals surface area contributed by atoms with Crippen molar-refractivity contribution in [1.29, 1.82) is 0 Å². The van der Waals surface area contributed by atoms with Crippen molar-refractivity contribution in [3.8, 4) is 11.4 Å². The van der Waals surface area contributed by atoms with Gasteiger partial charge in [0.15, 0.2) is 0 Å². The standard InChI is InChI=1S/C19H22ClN3O4S/c1-2-26-19(25)14-7-9-23(10-8-14)17(24)12-28-11-16-21-18(22-27-16)13-3-5-15(20)6-4-13/h3-6,14H,2,7-12H2,1H3. The SMILES string of the molecule is CCOC(=O)C1CCN(C(=O)CSCc2nc(-c3ccc(Cl)cc3)no2)CC1. The van der Waals surface area contributed by atoms with Crippen LogP contribution >= 0.6 is 23.4 Å². The van der Waals surface area contributed by atoms with E-state index in [9.17, 15) is 9.59 Å². The van der Waals surface area contributed by atoms with Gasteiger partial charge in [-0.3, -0.25) is 9.59 Å². The molecule has 2 heterocycles. The normalized spacial score (nSPS) is 14.9. The van der Waals surface area contributed by atoms with Crippen LogP contribution in [0, 0.1) is 5.92 Å². The number of hydrogen-bond donors (Lipinski definition) is 0. The van der Waals surface area contributed by atoms with Crippen molar-refractivity contribution in [3.05, 3.63) is 35.2 Å². The zero-order chi connectivity index (χ0) is 19.9. The number of ether oxygens (including phenoxy) is 1. The zero-order valence-electron chi connectivity index (χ0n) is 15.6. The van der Waals surface area contributed by atoms with Crippen molar-refractivity contribution >= 4 is 35.2 Å². The van der Waals surface area contributed by atoms with E-state index >= 15 is 0 Å². The van der Waals surface area contributed by atoms with Crippen LogP contribution in [0.25, 0.3) is 11.4 Å². The van der Waals surface area contributed by atoms with Crippen LogP contribution in [0.2, 0.25) is 5.02 Å². The van der Waals surface area contributed by atoms with Crippen molar-refractivity contribution in [2.24, 2.45) is 5.92 Å². The zero-order valence-corrected chi connectivity index (χ0v) is 17.2. The molecule has 3 rings (SSSR count). The summed E-state index contributed by atoms with van der Waals surface area (Å²) in [7, 11) is 0. The fourth-order valence-corrected chi connectivity index (χ4v) is 3.85. The minimum absolute atomic E-state index is 0.0600. The average Bonchev–Trinajstić information content (AvgIpc) is 3.17. The van der Waals surface area contributed by atoms with Crippen molar-refractivity contribution in [2.45, 2.75) is 25.5 Å². The third-order valence-corrected chi connectivity index (χ3v) is 5.64. The number of thioether (sulfide) groups is 1. The molecule has 0 unspecified atom stereocenters. The number of carbonyl (C=O) groups excluding carboxylic acids is 2. The molecular formula is C19H22ClN3O4S. The van der Waals surface area contributed by atoms with Gasteiger partial charge in [-0.1, -0.05) is 16.8 Å². The summed E-state index contributed by atoms with van der Waals surface area (Å²) in [4.78, 5) is 30.3. The van der Waals surface area contributed by atoms with Gasteiger partial charge in [-0.05, 0) is 44.0 Å². The summed E-state index contributed by atoms with van der Waals surface area (Å²) in [6.45, 7) is 3.37. The lowest BCUT2D eigenvalue weighted by molar-refractivity contribution is -0.151. The van der Waals surface area contributed by atoms with Crippen molar-refractivity contribution in [1.82, 2.24) is 15.0 Å². The number of benzene rings is 1. The van der Waals surface area contributed by atoms with Crippen LogP contribution in [0.4, 0.5) is 0 Å². The molecular weight excluding hydrogens is 402 g/mol. The predicted molar refractivity (Wildman–Crippen MR) is 107 cm³/mol. The van der Waals surface area contributed by atoms with Crippen LogP contribution in [-0.2, 0) is 20.1 Å². The number of esters is 1. The number of halogens is 1. The molecule has 1 saturated heterocycles. The smallest absolute Gasteiger partial charge is 0.309 e. The molecule has 28 heavy (non-hydrogen) atoms. The highest BCUT2D eigenvalue weighted by Gasteiger charge is 2.28. The quantitative estimate of drug-likeness (QED) is 0.630. The van der Waals surface area contributed by atoms with Crippen LogP contribution in [0.15, 0.2) is 28.8 Å². The third-order valence-electron chi connectivity index (χ3n) is 4.49. The number of aromatic nitrogens is 2. The van der Waals surface area contributed by atoms with E-state index in [4.69, 9.17) is 20.9 Å². The lowest BCUT2D eigenvalue weighted by Gasteiger charge is -2.30. The highest BCUT2D eigenvalue weighted by atomic mass is 35.5. The summed E-state index contributed by atoms with van der Waals surface area (Å²) < 4.78 is 10.3. The largest absolute Gasteiger partial charge is 0.466 e. The summed E-state index contributed by atoms with van der Waals surface area (Å²) in [5, 5.41) is 4.61. The Labute approximate surface area is 172 Å². The molecule has 150 valence electrons. The first-order valence-electron chi connectivity index (χ1n) is 9.17. The Hall–Kier alpha value is -2.06. The molecule has 0 radical (unpaired) electrons. The monoisotopic (exact) mass is 423 g/mol. The number of likely N-dealkylation sites (tertiary alicyclic amines) is 1. The van der Waals surface area contributed by atoms with Crippen LogP contribution in [0.5, 0.6) is 0 Å². The first kappa shape index (κ1) is 20.7. The third kappa shape index (κ3) is 5.48. The summed E-state index contributed by atoms with van der Waals surface area (Å²) in [6, 6.07) is 7.19. The van der Waals surface area contributed by atoms with Crippen LogP contribution in [-0.4, -0.2) is 52.4 Å². The van der Waals surface area contributed by atoms with Gasteiger partial charge in [0.1, 0.15) is 0 Å². The molecule has 9 heteroatoms. The molecule has 0 saturated carbocycles. The van der Waals surface area contributed by atoms with E-state index in [-0.39, 0.29) is 17.8 Å². The predicted octanol–water partition coefficient (Wildman–Crippen LogP) is 3.42. The molecule has 1 fully saturated rings. The Morgan fingerprint density at radius 1 is 1.29 bits per heavy atom. The topological polar surface area (TPSA) is 85.5 Å². The van der Waals surface area contributed by atoms with Crippen LogP contribution < -0.4 is 0 Å². The van der Waals surface area contributed by atoms with E-state index in [1.54, 1.807) is 24.0 Å². The summed E-state index contributed by atoms with van der Waals surface area (Å²) in [5.74, 6) is 1.58. The summed E-state index contributed by atoms with van der Waals surface area (Å²) >= 11 is 7.31. The van der Waals surface area contributed by atoms with E-state index in [1.165, 1.54) is 11.8 Å². The van der Waals surface area contributed by atoms with Gasteiger partial charge >= 0.3 is 5.97 Å². The molecule has 1 aromatic carbocycles. The molecule has 1 amide bonds. The minimum Gasteiger partial charge on any atom is -0.466 e. The first-order chi connectivity index (χ1) is 13.6. The van der Waals surface area contributed by atoms with E-state index in [0.29, 0.717) is 60.8 Å². The maximum absolute atomic E-state index is 12.4. The molecule has 0 aliphatic carbocycles. The average molecular weight is 424 g/mol. The second-order valence-corrected chi connectivity index (χ2v) is 7.84. The van der Waals surface area contributed by atoms with Crippen LogP contribution in [0.1, 0.15) is 25.7 Å². The van der Waals surface area contributed by atoms with Gasteiger partial charge in [0.05, 0.1) is 24.0 Å². The Morgan fingerprint density at radius 3 is 2.68 bits per heavy atom. The lowest BCUT2D eigenvalue weighted by atomic mass is 9.97. The van der Waals surface area contributed by atoms with E-state index in [1.807, 2.05) is 12.1 Å². The van der Waals surface area contributed by atoms with Crippen molar-refractivity contribution in [2.75, 3.05) is 25.4 Å². The molecule has 0 bridgehead atoms. The first-order valence-corrected chi connectivity index (χ1v) is 10.7. The Bertz CT molecular complexity index is 804. The Balaban J connectivity index is 1.41. The number of nitrogens with zero attached hydrogens (tertiary/aromatic N) is 3. The van der Waals surface area contributed by atoms with E-state index in [2.05, 4.69) is 10.1 Å². The fraction of sp³-hybridized carbons (Fsp3) is 0.474. The van der Waals surface area contributed by atoms with E-state index < -0.39 is 0 Å². The van der Waals surface area contributed by atoms with Gasteiger partial charge in [-0.25, -0.2) is 0 Å². The molecule has 0 spiro atoms. The van der Waals surface area contributed by atoms with Crippen molar-refractivity contribution < 1.29 is 18.8 Å². The lowest BCUT2D eigenvalue weighted by Crippen LogP contribution is -2.41. The molecule has 2 aromatic rings. The Kier molecular flexibility index (Phi) is 7.33. The maximum atomic E-state index is 12.4. The molecule has 7 nitrogen and oxygen atoms in total. The Morgan fingerprint density at radius 2 is 2.00 bits per heavy atom. The number of piperidine rings is 1. The highest BCUT2D eigenvalue weighted by Crippen LogP contribution is 2.22. The number of rotatable bonds is 7. The van der Waals surface area contributed by atoms with Gasteiger partial charge in [0, 0.05) is 23.7 Å². The number of carbonyl (C=O) groups is 2. The maximum Gasteiger partial charge on any atom is 0.309 e. The van der Waals surface area contributed by atoms with Gasteiger partial charge < -0.3 is 14.2 Å². The number of amides is 1. The van der Waals surface area contributed by atoms with E-state index in [0.717, 1.165) is 5.56 Å². The van der Waals surface area contributed by atoms with Gasteiger partial charge in [0.25, 0.3) is 0 Å². The summed E-state index contributed by atoms with van der Waals surface area (Å²) in [5.41, 5.74) is 0.824. The second-order valence-electron chi connectivity index (χ2n) is 6.42. The van der Waals surface area contributed by atoms with Crippen LogP contribution in [0.3, 0.4) is 0 Å². The molecule has 1 aromatic heterocycles. The fourth-order valence-electron chi connectivity index (χ4n) is 2.97. The van der Waals surface area contributed by atoms with Gasteiger partial charge in [-0.15, -0.1) is 11.8 Å². The molecule has 1 aliphatic rings. The highest BCUT2D eigenvalue weighted by molar-refractivity contribution is 7.99. The van der Waals surface area contributed by atoms with Gasteiger partial charge in [0.2, 0.25) is 17.6 Å². The molecule has 0 atom stereocenters. The second kappa shape index (κ2) is 9.93.